The van der Waals surface area contributed by atoms with Gasteiger partial charge in [-0.05, 0) is 23.9 Å². The van der Waals surface area contributed by atoms with E-state index in [1.807, 2.05) is 24.3 Å². The van der Waals surface area contributed by atoms with E-state index in [0.29, 0.717) is 6.04 Å². The van der Waals surface area contributed by atoms with Crippen LogP contribution in [-0.4, -0.2) is 11.0 Å². The van der Waals surface area contributed by atoms with Gasteiger partial charge in [-0.15, -0.1) is 11.3 Å². The van der Waals surface area contributed by atoms with Crippen LogP contribution in [0.15, 0.2) is 46.9 Å². The van der Waals surface area contributed by atoms with E-state index >= 15 is 0 Å². The summed E-state index contributed by atoms with van der Waals surface area (Å²) in [6, 6.07) is 12.2. The summed E-state index contributed by atoms with van der Waals surface area (Å²) in [6.07, 6.45) is 0. The number of nitrogens with zero attached hydrogens (tertiary/aromatic N) is 1. The standard InChI is InChI=1S/C14H17N3OS/c1-10(13-3-2-8-19-13)16-9-11-4-6-12(7-5-11)14(15)17-18/h2-8,10,16,18H,9H2,1H3,(H2,15,17). The van der Waals surface area contributed by atoms with E-state index in [2.05, 4.69) is 34.9 Å². The molecule has 1 heterocycles. The fourth-order valence-electron chi connectivity index (χ4n) is 1.76. The molecule has 0 saturated carbocycles. The first-order valence-corrected chi connectivity index (χ1v) is 6.92. The molecular weight excluding hydrogens is 258 g/mol. The minimum Gasteiger partial charge on any atom is -0.409 e. The molecular formula is C14H17N3OS. The van der Waals surface area contributed by atoms with Crippen molar-refractivity contribution < 1.29 is 5.21 Å². The minimum atomic E-state index is 0.131. The quantitative estimate of drug-likeness (QED) is 0.340. The van der Waals surface area contributed by atoms with Gasteiger partial charge in [0.05, 0.1) is 0 Å². The Kier molecular flexibility index (Phi) is 4.54. The van der Waals surface area contributed by atoms with Gasteiger partial charge in [-0.2, -0.15) is 0 Å². The summed E-state index contributed by atoms with van der Waals surface area (Å²) in [5.41, 5.74) is 7.40. The van der Waals surface area contributed by atoms with Crippen LogP contribution in [0.25, 0.3) is 0 Å². The number of benzene rings is 1. The highest BCUT2D eigenvalue weighted by molar-refractivity contribution is 7.10. The lowest BCUT2D eigenvalue weighted by Crippen LogP contribution is -2.17. The number of hydrogen-bond acceptors (Lipinski definition) is 4. The van der Waals surface area contributed by atoms with Crippen LogP contribution in [0.1, 0.15) is 29.0 Å². The number of nitrogens with one attached hydrogen (secondary N) is 1. The molecule has 0 spiro atoms. The molecule has 2 aromatic rings. The highest BCUT2D eigenvalue weighted by Crippen LogP contribution is 2.18. The summed E-state index contributed by atoms with van der Waals surface area (Å²) in [5.74, 6) is 0.131. The Morgan fingerprint density at radius 3 is 2.68 bits per heavy atom. The van der Waals surface area contributed by atoms with Crippen LogP contribution in [0.4, 0.5) is 0 Å². The van der Waals surface area contributed by atoms with E-state index < -0.39 is 0 Å². The third kappa shape index (κ3) is 3.56. The van der Waals surface area contributed by atoms with E-state index in [1.165, 1.54) is 4.88 Å². The van der Waals surface area contributed by atoms with Gasteiger partial charge in [0.15, 0.2) is 5.84 Å². The molecule has 100 valence electrons. The van der Waals surface area contributed by atoms with Gasteiger partial charge in [0.2, 0.25) is 0 Å². The zero-order valence-corrected chi connectivity index (χ0v) is 11.5. The molecule has 19 heavy (non-hydrogen) atoms. The molecule has 0 aliphatic heterocycles. The van der Waals surface area contributed by atoms with Crippen LogP contribution >= 0.6 is 11.3 Å². The average molecular weight is 275 g/mol. The molecule has 2 rings (SSSR count). The first kappa shape index (κ1) is 13.6. The SMILES string of the molecule is CC(NCc1ccc(C(N)=NO)cc1)c1cccs1. The molecule has 1 unspecified atom stereocenters. The van der Waals surface area contributed by atoms with Crippen LogP contribution in [0.2, 0.25) is 0 Å². The summed E-state index contributed by atoms with van der Waals surface area (Å²) in [4.78, 5) is 1.33. The number of hydrogen-bond donors (Lipinski definition) is 3. The Balaban J connectivity index is 1.93. The van der Waals surface area contributed by atoms with Crippen LogP contribution in [0.3, 0.4) is 0 Å². The van der Waals surface area contributed by atoms with Crippen molar-refractivity contribution in [3.05, 3.63) is 57.8 Å². The molecule has 0 aliphatic rings. The van der Waals surface area contributed by atoms with Gasteiger partial charge in [-0.1, -0.05) is 35.5 Å². The fourth-order valence-corrected chi connectivity index (χ4v) is 2.52. The van der Waals surface area contributed by atoms with Gasteiger partial charge >= 0.3 is 0 Å². The molecule has 0 saturated heterocycles. The molecule has 1 atom stereocenters. The Labute approximate surface area is 116 Å². The van der Waals surface area contributed by atoms with Crippen LogP contribution in [0, 0.1) is 0 Å². The lowest BCUT2D eigenvalue weighted by Gasteiger charge is -2.12. The van der Waals surface area contributed by atoms with E-state index in [0.717, 1.165) is 17.7 Å². The maximum absolute atomic E-state index is 8.59. The average Bonchev–Trinajstić information content (AvgIpc) is 2.98. The number of nitrogens with two attached hydrogens (primary N) is 1. The topological polar surface area (TPSA) is 70.6 Å². The normalized spacial score (nSPS) is 13.4. The molecule has 1 aromatic carbocycles. The second-order valence-corrected chi connectivity index (χ2v) is 5.28. The third-order valence-corrected chi connectivity index (χ3v) is 3.99. The summed E-state index contributed by atoms with van der Waals surface area (Å²) in [7, 11) is 0. The van der Waals surface area contributed by atoms with E-state index in [1.54, 1.807) is 11.3 Å². The molecule has 0 bridgehead atoms. The van der Waals surface area contributed by atoms with Crippen molar-refractivity contribution in [3.8, 4) is 0 Å². The second-order valence-electron chi connectivity index (χ2n) is 4.30. The summed E-state index contributed by atoms with van der Waals surface area (Å²) in [6.45, 7) is 2.94. The van der Waals surface area contributed by atoms with Gasteiger partial charge in [-0.25, -0.2) is 0 Å². The summed E-state index contributed by atoms with van der Waals surface area (Å²) in [5, 5.41) is 17.1. The van der Waals surface area contributed by atoms with Gasteiger partial charge < -0.3 is 16.3 Å². The molecule has 4 N–H and O–H groups in total. The largest absolute Gasteiger partial charge is 0.409 e. The number of oxime groups is 1. The van der Waals surface area contributed by atoms with Crippen molar-refractivity contribution in [1.82, 2.24) is 5.32 Å². The van der Waals surface area contributed by atoms with Crippen molar-refractivity contribution in [1.29, 1.82) is 0 Å². The van der Waals surface area contributed by atoms with Crippen LogP contribution in [-0.2, 0) is 6.54 Å². The predicted octanol–water partition coefficient (Wildman–Crippen LogP) is 2.69. The van der Waals surface area contributed by atoms with Crippen molar-refractivity contribution in [2.24, 2.45) is 10.9 Å². The Bertz CT molecular complexity index is 534. The smallest absolute Gasteiger partial charge is 0.170 e. The predicted molar refractivity (Wildman–Crippen MR) is 78.5 cm³/mol. The lowest BCUT2D eigenvalue weighted by molar-refractivity contribution is 0.318. The molecule has 1 aromatic heterocycles. The number of amidine groups is 1. The van der Waals surface area contributed by atoms with Gasteiger partial charge in [0.1, 0.15) is 0 Å². The summed E-state index contributed by atoms with van der Waals surface area (Å²) >= 11 is 1.75. The first-order chi connectivity index (χ1) is 9.20. The lowest BCUT2D eigenvalue weighted by atomic mass is 10.1. The first-order valence-electron chi connectivity index (χ1n) is 6.04. The number of thiophene rings is 1. The van der Waals surface area contributed by atoms with E-state index in [-0.39, 0.29) is 5.84 Å². The van der Waals surface area contributed by atoms with Crippen molar-refractivity contribution in [3.63, 3.8) is 0 Å². The Morgan fingerprint density at radius 1 is 1.37 bits per heavy atom. The molecule has 5 heteroatoms. The highest BCUT2D eigenvalue weighted by atomic mass is 32.1. The zero-order valence-electron chi connectivity index (χ0n) is 10.7. The molecule has 0 fully saturated rings. The number of rotatable bonds is 5. The van der Waals surface area contributed by atoms with Crippen LogP contribution < -0.4 is 11.1 Å². The zero-order chi connectivity index (χ0) is 13.7. The highest BCUT2D eigenvalue weighted by Gasteiger charge is 2.05. The Morgan fingerprint density at radius 2 is 2.11 bits per heavy atom. The van der Waals surface area contributed by atoms with Gasteiger partial charge in [0, 0.05) is 23.0 Å². The van der Waals surface area contributed by atoms with E-state index in [4.69, 9.17) is 10.9 Å². The maximum atomic E-state index is 8.59. The van der Waals surface area contributed by atoms with Crippen LogP contribution in [0.5, 0.6) is 0 Å². The molecule has 4 nitrogen and oxygen atoms in total. The maximum Gasteiger partial charge on any atom is 0.170 e. The van der Waals surface area contributed by atoms with Crippen molar-refractivity contribution in [2.75, 3.05) is 0 Å². The van der Waals surface area contributed by atoms with Gasteiger partial charge in [-0.3, -0.25) is 0 Å². The molecule has 0 amide bonds. The van der Waals surface area contributed by atoms with Gasteiger partial charge in [0.25, 0.3) is 0 Å². The second kappa shape index (κ2) is 6.36. The van der Waals surface area contributed by atoms with E-state index in [9.17, 15) is 0 Å². The molecule has 0 radical (unpaired) electrons. The molecule has 0 aliphatic carbocycles. The minimum absolute atomic E-state index is 0.131. The Hall–Kier alpha value is -1.85. The fraction of sp³-hybridized carbons (Fsp3) is 0.214. The third-order valence-electron chi connectivity index (χ3n) is 2.94. The van der Waals surface area contributed by atoms with Crippen molar-refractivity contribution >= 4 is 17.2 Å². The monoisotopic (exact) mass is 275 g/mol. The van der Waals surface area contributed by atoms with Crippen molar-refractivity contribution in [2.45, 2.75) is 19.5 Å². The summed E-state index contributed by atoms with van der Waals surface area (Å²) < 4.78 is 0.